The molecular weight excluding hydrogens is 274 g/mol. The molecular formula is C10H19N3O5S. The topological polar surface area (TPSA) is 96.0 Å². The van der Waals surface area contributed by atoms with Crippen molar-refractivity contribution in [2.75, 3.05) is 33.8 Å². The number of nitrogens with one attached hydrogen (secondary N) is 1. The highest BCUT2D eigenvalue weighted by Gasteiger charge is 2.36. The van der Waals surface area contributed by atoms with Crippen LogP contribution in [0.1, 0.15) is 13.3 Å². The Kier molecular flexibility index (Phi) is 5.27. The maximum Gasteiger partial charge on any atom is 0.306 e. The smallest absolute Gasteiger partial charge is 0.306 e. The summed E-state index contributed by atoms with van der Waals surface area (Å²) in [5, 5.41) is 2.59. The second-order valence-corrected chi connectivity index (χ2v) is 6.22. The van der Waals surface area contributed by atoms with E-state index >= 15 is 0 Å². The van der Waals surface area contributed by atoms with Crippen LogP contribution in [0, 0.1) is 0 Å². The van der Waals surface area contributed by atoms with Gasteiger partial charge in [0.1, 0.15) is 6.04 Å². The van der Waals surface area contributed by atoms with Gasteiger partial charge in [-0.05, 0) is 6.92 Å². The van der Waals surface area contributed by atoms with Gasteiger partial charge in [0.15, 0.2) is 0 Å². The second-order valence-electron chi connectivity index (χ2n) is 4.23. The zero-order valence-corrected chi connectivity index (χ0v) is 12.1. The molecule has 1 fully saturated rings. The number of ether oxygens (including phenoxy) is 1. The standard InChI is InChI=1S/C10H19N3O5S/c1-8-10(15)11-5-7-13(8)19(16,17)12(2)6-4-9(14)18-3/h8H,4-7H2,1-3H3,(H,11,15). The molecule has 0 saturated carbocycles. The zero-order chi connectivity index (χ0) is 14.6. The van der Waals surface area contributed by atoms with Gasteiger partial charge in [0.25, 0.3) is 10.2 Å². The quantitative estimate of drug-likeness (QED) is 0.625. The maximum absolute atomic E-state index is 12.3. The van der Waals surface area contributed by atoms with Gasteiger partial charge in [0.05, 0.1) is 13.5 Å². The van der Waals surface area contributed by atoms with Crippen molar-refractivity contribution in [2.24, 2.45) is 0 Å². The Bertz CT molecular complexity index is 450. The Balaban J connectivity index is 2.73. The zero-order valence-electron chi connectivity index (χ0n) is 11.2. The molecule has 1 saturated heterocycles. The third-order valence-electron chi connectivity index (χ3n) is 2.99. The predicted molar refractivity (Wildman–Crippen MR) is 67.4 cm³/mol. The van der Waals surface area contributed by atoms with Gasteiger partial charge in [-0.1, -0.05) is 0 Å². The number of nitrogens with zero attached hydrogens (tertiary/aromatic N) is 2. The van der Waals surface area contributed by atoms with Crippen molar-refractivity contribution in [1.29, 1.82) is 0 Å². The first-order valence-corrected chi connectivity index (χ1v) is 7.28. The summed E-state index contributed by atoms with van der Waals surface area (Å²) in [4.78, 5) is 22.5. The van der Waals surface area contributed by atoms with Crippen LogP contribution in [-0.2, 0) is 24.5 Å². The molecule has 0 radical (unpaired) electrons. The van der Waals surface area contributed by atoms with Crippen LogP contribution in [-0.4, -0.2) is 68.7 Å². The van der Waals surface area contributed by atoms with Crippen molar-refractivity contribution in [3.05, 3.63) is 0 Å². The molecule has 1 amide bonds. The van der Waals surface area contributed by atoms with Crippen molar-refractivity contribution in [3.63, 3.8) is 0 Å². The van der Waals surface area contributed by atoms with Crippen molar-refractivity contribution >= 4 is 22.1 Å². The molecule has 8 nitrogen and oxygen atoms in total. The van der Waals surface area contributed by atoms with E-state index in [2.05, 4.69) is 10.1 Å². The van der Waals surface area contributed by atoms with E-state index in [1.807, 2.05) is 0 Å². The summed E-state index contributed by atoms with van der Waals surface area (Å²) in [6.07, 6.45) is -0.0271. The van der Waals surface area contributed by atoms with E-state index in [0.717, 1.165) is 8.61 Å². The van der Waals surface area contributed by atoms with Gasteiger partial charge >= 0.3 is 5.97 Å². The molecule has 110 valence electrons. The number of piperazine rings is 1. The summed E-state index contributed by atoms with van der Waals surface area (Å²) >= 11 is 0. The van der Waals surface area contributed by atoms with Crippen LogP contribution in [0.2, 0.25) is 0 Å². The molecule has 0 spiro atoms. The molecule has 1 heterocycles. The first-order chi connectivity index (χ1) is 8.80. The molecule has 0 aromatic rings. The van der Waals surface area contributed by atoms with Gasteiger partial charge in [-0.25, -0.2) is 0 Å². The third kappa shape index (κ3) is 3.64. The van der Waals surface area contributed by atoms with Crippen molar-refractivity contribution in [3.8, 4) is 0 Å². The highest BCUT2D eigenvalue weighted by molar-refractivity contribution is 7.86. The van der Waals surface area contributed by atoms with Crippen molar-refractivity contribution < 1.29 is 22.7 Å². The normalized spacial score (nSPS) is 21.3. The number of rotatable bonds is 5. The van der Waals surface area contributed by atoms with E-state index < -0.39 is 22.2 Å². The number of hydrogen-bond donors (Lipinski definition) is 1. The van der Waals surface area contributed by atoms with E-state index in [-0.39, 0.29) is 32.0 Å². The minimum Gasteiger partial charge on any atom is -0.469 e. The van der Waals surface area contributed by atoms with Gasteiger partial charge in [0, 0.05) is 26.7 Å². The molecule has 9 heteroatoms. The summed E-state index contributed by atoms with van der Waals surface area (Å²) in [7, 11) is -1.13. The molecule has 1 N–H and O–H groups in total. The fraction of sp³-hybridized carbons (Fsp3) is 0.800. The lowest BCUT2D eigenvalue weighted by Gasteiger charge is -2.34. The summed E-state index contributed by atoms with van der Waals surface area (Å²) in [6, 6.07) is -0.751. The Morgan fingerprint density at radius 1 is 1.58 bits per heavy atom. The molecule has 1 atom stereocenters. The van der Waals surface area contributed by atoms with Gasteiger partial charge in [-0.3, -0.25) is 9.59 Å². The van der Waals surface area contributed by atoms with Crippen LogP contribution >= 0.6 is 0 Å². The highest BCUT2D eigenvalue weighted by atomic mass is 32.2. The fourth-order valence-corrected chi connectivity index (χ4v) is 3.22. The van der Waals surface area contributed by atoms with E-state index in [4.69, 9.17) is 0 Å². The fourth-order valence-electron chi connectivity index (χ4n) is 1.72. The number of carbonyl (C=O) groups is 2. The number of esters is 1. The first kappa shape index (κ1) is 15.9. The van der Waals surface area contributed by atoms with E-state index in [1.165, 1.54) is 21.1 Å². The van der Waals surface area contributed by atoms with Gasteiger partial charge < -0.3 is 10.1 Å². The summed E-state index contributed by atoms with van der Waals surface area (Å²) in [5.74, 6) is -0.803. The van der Waals surface area contributed by atoms with Crippen LogP contribution in [0.4, 0.5) is 0 Å². The number of carbonyl (C=O) groups excluding carboxylic acids is 2. The predicted octanol–water partition coefficient (Wildman–Crippen LogP) is -1.45. The van der Waals surface area contributed by atoms with E-state index in [0.29, 0.717) is 0 Å². The lowest BCUT2D eigenvalue weighted by Crippen LogP contribution is -2.58. The summed E-state index contributed by atoms with van der Waals surface area (Å²) < 4.78 is 31.2. The summed E-state index contributed by atoms with van der Waals surface area (Å²) in [5.41, 5.74) is 0. The molecule has 1 aliphatic heterocycles. The van der Waals surface area contributed by atoms with E-state index in [1.54, 1.807) is 0 Å². The number of hydrogen-bond acceptors (Lipinski definition) is 5. The number of amides is 1. The Morgan fingerprint density at radius 2 is 2.21 bits per heavy atom. The SMILES string of the molecule is COC(=O)CCN(C)S(=O)(=O)N1CCNC(=O)C1C. The minimum atomic E-state index is -3.75. The molecule has 0 aromatic carbocycles. The Hall–Kier alpha value is -1.19. The lowest BCUT2D eigenvalue weighted by molar-refractivity contribution is -0.140. The molecule has 1 rings (SSSR count). The molecule has 19 heavy (non-hydrogen) atoms. The van der Waals surface area contributed by atoms with Gasteiger partial charge in [0.2, 0.25) is 5.91 Å². The highest BCUT2D eigenvalue weighted by Crippen LogP contribution is 2.13. The van der Waals surface area contributed by atoms with Crippen molar-refractivity contribution in [2.45, 2.75) is 19.4 Å². The van der Waals surface area contributed by atoms with Crippen molar-refractivity contribution in [1.82, 2.24) is 13.9 Å². The van der Waals surface area contributed by atoms with Gasteiger partial charge in [-0.2, -0.15) is 17.0 Å². The average Bonchev–Trinajstić information content (AvgIpc) is 2.38. The lowest BCUT2D eigenvalue weighted by atomic mass is 10.2. The van der Waals surface area contributed by atoms with Crippen LogP contribution in [0.5, 0.6) is 0 Å². The van der Waals surface area contributed by atoms with Gasteiger partial charge in [-0.15, -0.1) is 0 Å². The molecule has 1 aliphatic rings. The first-order valence-electron chi connectivity index (χ1n) is 5.88. The third-order valence-corrected chi connectivity index (χ3v) is 5.05. The second kappa shape index (κ2) is 6.31. The number of methoxy groups -OCH3 is 1. The summed E-state index contributed by atoms with van der Waals surface area (Å²) in [6.45, 7) is 2.05. The minimum absolute atomic E-state index is 0.0137. The molecule has 0 bridgehead atoms. The largest absolute Gasteiger partial charge is 0.469 e. The molecule has 1 unspecified atom stereocenters. The van der Waals surface area contributed by atoms with E-state index in [9.17, 15) is 18.0 Å². The maximum atomic E-state index is 12.3. The van der Waals surface area contributed by atoms with Crippen LogP contribution < -0.4 is 5.32 Å². The molecule has 0 aliphatic carbocycles. The van der Waals surface area contributed by atoms with Crippen LogP contribution in [0.25, 0.3) is 0 Å². The average molecular weight is 293 g/mol. The Morgan fingerprint density at radius 3 is 2.79 bits per heavy atom. The van der Waals surface area contributed by atoms with Crippen LogP contribution in [0.3, 0.4) is 0 Å². The molecule has 0 aromatic heterocycles. The van der Waals surface area contributed by atoms with Crippen LogP contribution in [0.15, 0.2) is 0 Å². The Labute approximate surface area is 112 Å². The monoisotopic (exact) mass is 293 g/mol.